The smallest absolute Gasteiger partial charge is 0.255 e. The molecule has 0 spiro atoms. The van der Waals surface area contributed by atoms with Crippen LogP contribution in [0.3, 0.4) is 0 Å². The van der Waals surface area contributed by atoms with Crippen LogP contribution >= 0.6 is 0 Å². The van der Waals surface area contributed by atoms with E-state index in [0.717, 1.165) is 16.8 Å². The van der Waals surface area contributed by atoms with Crippen LogP contribution in [0, 0.1) is 0 Å². The topological polar surface area (TPSA) is 117 Å². The van der Waals surface area contributed by atoms with E-state index in [1.807, 2.05) is 36.4 Å². The fourth-order valence-electron chi connectivity index (χ4n) is 4.21. The molecule has 0 aliphatic carbocycles. The standard InChI is InChI=1S/C23H21N5O4/c29-20(14-4-2-1-3-5-14)11-16-13-28(26-25-16)17-6-7-18-15(10-17)12-27(23(18)32)19-8-9-21(30)24-22(19)31/h1-7,10,13,19-20,29H,8-9,11-12H2,(H,24,30,31). The normalized spacial score (nSPS) is 19.1. The average Bonchev–Trinajstić information content (AvgIpc) is 3.39. The third-order valence-corrected chi connectivity index (χ3v) is 5.90. The van der Waals surface area contributed by atoms with Crippen LogP contribution in [0.4, 0.5) is 0 Å². The van der Waals surface area contributed by atoms with Gasteiger partial charge in [-0.15, -0.1) is 5.10 Å². The van der Waals surface area contributed by atoms with Crippen LogP contribution in [0.15, 0.2) is 54.7 Å². The summed E-state index contributed by atoms with van der Waals surface area (Å²) in [5.41, 5.74) is 3.52. The summed E-state index contributed by atoms with van der Waals surface area (Å²) in [6, 6.07) is 14.1. The molecule has 2 atom stereocenters. The molecule has 9 heteroatoms. The quantitative estimate of drug-likeness (QED) is 0.588. The van der Waals surface area contributed by atoms with E-state index in [2.05, 4.69) is 15.6 Å². The number of carbonyl (C=O) groups is 3. The van der Waals surface area contributed by atoms with Gasteiger partial charge in [-0.1, -0.05) is 35.5 Å². The average molecular weight is 431 g/mol. The summed E-state index contributed by atoms with van der Waals surface area (Å²) in [7, 11) is 0. The van der Waals surface area contributed by atoms with Gasteiger partial charge in [0.1, 0.15) is 6.04 Å². The Morgan fingerprint density at radius 1 is 1.12 bits per heavy atom. The minimum atomic E-state index is -0.680. The summed E-state index contributed by atoms with van der Waals surface area (Å²) in [5.74, 6) is -0.955. The van der Waals surface area contributed by atoms with Crippen molar-refractivity contribution in [3.05, 3.63) is 77.1 Å². The molecule has 1 fully saturated rings. The Morgan fingerprint density at radius 3 is 2.72 bits per heavy atom. The molecule has 2 aliphatic heterocycles. The van der Waals surface area contributed by atoms with E-state index in [0.29, 0.717) is 30.6 Å². The van der Waals surface area contributed by atoms with Gasteiger partial charge in [-0.25, -0.2) is 4.68 Å². The van der Waals surface area contributed by atoms with Crippen LogP contribution in [-0.2, 0) is 22.6 Å². The first-order valence-corrected chi connectivity index (χ1v) is 10.4. The van der Waals surface area contributed by atoms with Gasteiger partial charge in [-0.2, -0.15) is 0 Å². The zero-order chi connectivity index (χ0) is 22.2. The SMILES string of the molecule is O=C1CCC(N2Cc3cc(-n4cc(CC(O)c5ccccc5)nn4)ccc3C2=O)C(=O)N1. The Balaban J connectivity index is 1.32. The molecule has 9 nitrogen and oxygen atoms in total. The lowest BCUT2D eigenvalue weighted by atomic mass is 10.0. The number of hydrogen-bond acceptors (Lipinski definition) is 6. The minimum absolute atomic E-state index is 0.216. The highest BCUT2D eigenvalue weighted by Gasteiger charge is 2.39. The molecule has 2 N–H and O–H groups in total. The molecule has 2 aromatic carbocycles. The lowest BCUT2D eigenvalue weighted by Crippen LogP contribution is -2.52. The molecule has 3 heterocycles. The molecular weight excluding hydrogens is 410 g/mol. The molecule has 32 heavy (non-hydrogen) atoms. The van der Waals surface area contributed by atoms with Crippen molar-refractivity contribution in [1.29, 1.82) is 0 Å². The highest BCUT2D eigenvalue weighted by molar-refractivity contribution is 6.05. The molecular formula is C23H21N5O4. The number of amides is 3. The highest BCUT2D eigenvalue weighted by Crippen LogP contribution is 2.29. The van der Waals surface area contributed by atoms with Crippen molar-refractivity contribution in [2.45, 2.75) is 38.0 Å². The molecule has 0 saturated carbocycles. The predicted octanol–water partition coefficient (Wildman–Crippen LogP) is 1.30. The second-order valence-electron chi connectivity index (χ2n) is 8.03. The molecule has 2 unspecified atom stereocenters. The monoisotopic (exact) mass is 431 g/mol. The number of nitrogens with zero attached hydrogens (tertiary/aromatic N) is 4. The second kappa shape index (κ2) is 8.01. The Labute approximate surface area is 183 Å². The highest BCUT2D eigenvalue weighted by atomic mass is 16.3. The van der Waals surface area contributed by atoms with Gasteiger partial charge in [0.2, 0.25) is 11.8 Å². The van der Waals surface area contributed by atoms with Crippen LogP contribution in [0.1, 0.15) is 46.1 Å². The Hall–Kier alpha value is -3.85. The first-order valence-electron chi connectivity index (χ1n) is 10.4. The molecule has 1 aromatic heterocycles. The number of rotatable bonds is 5. The van der Waals surface area contributed by atoms with Crippen LogP contribution < -0.4 is 5.32 Å². The van der Waals surface area contributed by atoms with E-state index < -0.39 is 18.1 Å². The molecule has 3 aromatic rings. The van der Waals surface area contributed by atoms with E-state index in [1.165, 1.54) is 4.90 Å². The Bertz CT molecular complexity index is 1210. The number of aliphatic hydroxyl groups excluding tert-OH is 1. The summed E-state index contributed by atoms with van der Waals surface area (Å²) in [6.45, 7) is 0.294. The molecule has 1 saturated heterocycles. The first kappa shape index (κ1) is 20.1. The number of aromatic nitrogens is 3. The number of hydrogen-bond donors (Lipinski definition) is 2. The van der Waals surface area contributed by atoms with E-state index in [-0.39, 0.29) is 18.2 Å². The molecule has 162 valence electrons. The van der Waals surface area contributed by atoms with Crippen LogP contribution in [0.25, 0.3) is 5.69 Å². The van der Waals surface area contributed by atoms with Gasteiger partial charge in [0.05, 0.1) is 23.7 Å². The van der Waals surface area contributed by atoms with Crippen molar-refractivity contribution in [2.24, 2.45) is 0 Å². The second-order valence-corrected chi connectivity index (χ2v) is 8.03. The van der Waals surface area contributed by atoms with Gasteiger partial charge >= 0.3 is 0 Å². The number of benzene rings is 2. The van der Waals surface area contributed by atoms with Crippen molar-refractivity contribution >= 4 is 17.7 Å². The summed E-state index contributed by atoms with van der Waals surface area (Å²) >= 11 is 0. The fourth-order valence-corrected chi connectivity index (χ4v) is 4.21. The maximum atomic E-state index is 12.8. The Kier molecular flexibility index (Phi) is 5.02. The third kappa shape index (κ3) is 3.67. The number of piperidine rings is 1. The van der Waals surface area contributed by atoms with Crippen molar-refractivity contribution in [3.63, 3.8) is 0 Å². The largest absolute Gasteiger partial charge is 0.388 e. The number of fused-ring (bicyclic) bond motifs is 1. The summed E-state index contributed by atoms with van der Waals surface area (Å²) in [4.78, 5) is 38.0. The first-order chi connectivity index (χ1) is 15.5. The predicted molar refractivity (Wildman–Crippen MR) is 113 cm³/mol. The lowest BCUT2D eigenvalue weighted by molar-refractivity contribution is -0.136. The van der Waals surface area contributed by atoms with Crippen LogP contribution in [-0.4, -0.2) is 48.8 Å². The summed E-state index contributed by atoms with van der Waals surface area (Å²) in [5, 5.41) is 21.1. The van der Waals surface area contributed by atoms with Crippen molar-refractivity contribution < 1.29 is 19.5 Å². The number of imide groups is 1. The van der Waals surface area contributed by atoms with E-state index in [1.54, 1.807) is 23.0 Å². The molecule has 0 radical (unpaired) electrons. The zero-order valence-corrected chi connectivity index (χ0v) is 17.1. The van der Waals surface area contributed by atoms with Gasteiger partial charge < -0.3 is 10.0 Å². The van der Waals surface area contributed by atoms with E-state index in [4.69, 9.17) is 0 Å². The van der Waals surface area contributed by atoms with E-state index in [9.17, 15) is 19.5 Å². The van der Waals surface area contributed by atoms with Crippen molar-refractivity contribution in [2.75, 3.05) is 0 Å². The van der Waals surface area contributed by atoms with Crippen LogP contribution in [0.2, 0.25) is 0 Å². The molecule has 2 aliphatic rings. The number of nitrogens with one attached hydrogen (secondary N) is 1. The fraction of sp³-hybridized carbons (Fsp3) is 0.261. The van der Waals surface area contributed by atoms with Gasteiger partial charge in [0.15, 0.2) is 0 Å². The van der Waals surface area contributed by atoms with Gasteiger partial charge in [-0.05, 0) is 35.7 Å². The zero-order valence-electron chi connectivity index (χ0n) is 17.1. The third-order valence-electron chi connectivity index (χ3n) is 5.90. The summed E-state index contributed by atoms with van der Waals surface area (Å²) < 4.78 is 1.60. The maximum Gasteiger partial charge on any atom is 0.255 e. The van der Waals surface area contributed by atoms with Gasteiger partial charge in [0, 0.05) is 24.9 Å². The van der Waals surface area contributed by atoms with Crippen LogP contribution in [0.5, 0.6) is 0 Å². The van der Waals surface area contributed by atoms with Gasteiger partial charge in [-0.3, -0.25) is 19.7 Å². The van der Waals surface area contributed by atoms with Gasteiger partial charge in [0.25, 0.3) is 5.91 Å². The minimum Gasteiger partial charge on any atom is -0.388 e. The van der Waals surface area contributed by atoms with Crippen molar-refractivity contribution in [3.8, 4) is 5.69 Å². The Morgan fingerprint density at radius 2 is 1.94 bits per heavy atom. The summed E-state index contributed by atoms with van der Waals surface area (Å²) in [6.07, 6.45) is 1.95. The lowest BCUT2D eigenvalue weighted by Gasteiger charge is -2.29. The van der Waals surface area contributed by atoms with E-state index >= 15 is 0 Å². The van der Waals surface area contributed by atoms with Crippen molar-refractivity contribution in [1.82, 2.24) is 25.2 Å². The molecule has 0 bridgehead atoms. The molecule has 3 amide bonds. The molecule has 5 rings (SSSR count). The number of carbonyl (C=O) groups excluding carboxylic acids is 3. The number of aliphatic hydroxyl groups is 1. The maximum absolute atomic E-state index is 12.8.